The van der Waals surface area contributed by atoms with Crippen LogP contribution in [-0.2, 0) is 4.79 Å². The predicted octanol–water partition coefficient (Wildman–Crippen LogP) is -2.49. The molecule has 3 rings (SSSR count). The van der Waals surface area contributed by atoms with Crippen molar-refractivity contribution >= 4 is 40.6 Å². The maximum absolute atomic E-state index is 12.0. The van der Waals surface area contributed by atoms with Gasteiger partial charge in [0, 0.05) is 98.6 Å². The maximum atomic E-state index is 12.0. The van der Waals surface area contributed by atoms with Crippen LogP contribution in [0, 0.1) is 0 Å². The average Bonchev–Trinajstić information content (AvgIpc) is 2.82. The Kier molecular flexibility index (Phi) is 14.7. The van der Waals surface area contributed by atoms with Crippen molar-refractivity contribution in [3.05, 3.63) is 0 Å². The van der Waals surface area contributed by atoms with Gasteiger partial charge in [-0.3, -0.25) is 4.79 Å². The zero-order valence-corrected chi connectivity index (χ0v) is 22.6. The molecule has 0 radical (unpaired) electrons. The highest BCUT2D eigenvalue weighted by Gasteiger charge is 2.32. The molecule has 9 N–H and O–H groups in total. The Hall–Kier alpha value is -1.28. The first kappa shape index (κ1) is 29.9. The highest BCUT2D eigenvalue weighted by molar-refractivity contribution is 7.80. The minimum atomic E-state index is -0.390. The molecule has 0 aromatic carbocycles. The van der Waals surface area contributed by atoms with Crippen LogP contribution in [0.15, 0.2) is 4.99 Å². The van der Waals surface area contributed by atoms with Crippen molar-refractivity contribution < 1.29 is 4.79 Å². The Morgan fingerprint density at radius 2 is 1.23 bits per heavy atom. The number of nitrogens with zero attached hydrogens (tertiary/aromatic N) is 1. The summed E-state index contributed by atoms with van der Waals surface area (Å²) >= 11 is 10.3. The van der Waals surface area contributed by atoms with Crippen molar-refractivity contribution in [1.82, 2.24) is 47.9 Å². The summed E-state index contributed by atoms with van der Waals surface area (Å²) in [6.45, 7) is 12.2. The molecular weight excluding hydrogens is 484 g/mol. The van der Waals surface area contributed by atoms with E-state index in [0.717, 1.165) is 78.3 Å². The molecule has 3 aliphatic heterocycles. The molecule has 11 nitrogen and oxygen atoms in total. The van der Waals surface area contributed by atoms with E-state index >= 15 is 0 Å². The van der Waals surface area contributed by atoms with Crippen LogP contribution in [-0.4, -0.2) is 119 Å². The van der Waals surface area contributed by atoms with Gasteiger partial charge in [-0.2, -0.15) is 0 Å². The average molecular weight is 529 g/mol. The molecule has 3 saturated heterocycles. The summed E-state index contributed by atoms with van der Waals surface area (Å²) in [5.74, 6) is -0.0177. The fourth-order valence-electron chi connectivity index (χ4n) is 4.36. The maximum Gasteiger partial charge on any atom is 0.217 e. The van der Waals surface area contributed by atoms with Gasteiger partial charge in [0.05, 0.1) is 16.2 Å². The van der Waals surface area contributed by atoms with Gasteiger partial charge in [-0.05, 0) is 37.3 Å². The lowest BCUT2D eigenvalue weighted by Gasteiger charge is -2.39. The SMILES string of the molecule is CC(=O)NC12CNCCNCC(NC(=S)NCCCCN=C=S)(CNCCNC1)CNCCNC2. The summed E-state index contributed by atoms with van der Waals surface area (Å²) in [6.07, 6.45) is 1.92. The van der Waals surface area contributed by atoms with E-state index in [2.05, 4.69) is 70.2 Å². The van der Waals surface area contributed by atoms with Crippen molar-refractivity contribution in [1.29, 1.82) is 0 Å². The number of carbonyl (C=O) groups is 1. The van der Waals surface area contributed by atoms with E-state index in [1.165, 1.54) is 0 Å². The molecule has 0 aromatic heterocycles. The summed E-state index contributed by atoms with van der Waals surface area (Å²) in [7, 11) is 0. The Labute approximate surface area is 220 Å². The number of isothiocyanates is 1. The summed E-state index contributed by atoms with van der Waals surface area (Å²) < 4.78 is 0. The number of amides is 1. The molecule has 0 atom stereocenters. The Morgan fingerprint density at radius 3 is 1.63 bits per heavy atom. The topological polar surface area (TPSA) is 138 Å². The third-order valence-electron chi connectivity index (χ3n) is 6.08. The fraction of sp³-hybridized carbons (Fsp3) is 0.864. The van der Waals surface area contributed by atoms with Gasteiger partial charge in [0.2, 0.25) is 5.91 Å². The van der Waals surface area contributed by atoms with Crippen LogP contribution in [0.3, 0.4) is 0 Å². The molecule has 0 aromatic rings. The van der Waals surface area contributed by atoms with Gasteiger partial charge in [0.1, 0.15) is 0 Å². The monoisotopic (exact) mass is 528 g/mol. The van der Waals surface area contributed by atoms with Gasteiger partial charge >= 0.3 is 0 Å². The molecule has 2 bridgehead atoms. The second-order valence-electron chi connectivity index (χ2n) is 9.36. The normalized spacial score (nSPS) is 27.0. The van der Waals surface area contributed by atoms with E-state index in [1.54, 1.807) is 6.92 Å². The van der Waals surface area contributed by atoms with E-state index in [9.17, 15) is 4.79 Å². The number of hydrogen-bond acceptors (Lipinski definition) is 10. The Morgan fingerprint density at radius 1 is 0.800 bits per heavy atom. The lowest BCUT2D eigenvalue weighted by Crippen LogP contribution is -2.68. The molecular formula is C22H44N10OS2. The molecule has 3 fully saturated rings. The number of fused-ring (bicyclic) bond motifs is 15. The van der Waals surface area contributed by atoms with E-state index in [1.807, 2.05) is 0 Å². The molecule has 3 heterocycles. The van der Waals surface area contributed by atoms with Crippen LogP contribution in [0.5, 0.6) is 0 Å². The van der Waals surface area contributed by atoms with Crippen molar-refractivity contribution in [2.75, 3.05) is 91.6 Å². The van der Waals surface area contributed by atoms with E-state index < -0.39 is 0 Å². The van der Waals surface area contributed by atoms with Crippen molar-refractivity contribution in [3.63, 3.8) is 0 Å². The molecule has 0 spiro atoms. The second kappa shape index (κ2) is 17.2. The number of carbonyl (C=O) groups excluding carboxylic acids is 1. The number of nitrogens with one attached hydrogen (secondary N) is 9. The molecule has 1 amide bonds. The van der Waals surface area contributed by atoms with Crippen LogP contribution < -0.4 is 47.9 Å². The molecule has 3 aliphatic rings. The smallest absolute Gasteiger partial charge is 0.217 e. The van der Waals surface area contributed by atoms with Gasteiger partial charge in [-0.1, -0.05) is 0 Å². The minimum absolute atomic E-state index is 0.0177. The first-order valence-corrected chi connectivity index (χ1v) is 13.4. The molecule has 0 saturated carbocycles. The summed E-state index contributed by atoms with van der Waals surface area (Å²) in [5.41, 5.74) is -0.682. The predicted molar refractivity (Wildman–Crippen MR) is 149 cm³/mol. The lowest BCUT2D eigenvalue weighted by molar-refractivity contribution is -0.120. The van der Waals surface area contributed by atoms with Gasteiger partial charge in [-0.15, -0.1) is 0 Å². The Balaban J connectivity index is 2.04. The summed E-state index contributed by atoms with van der Waals surface area (Å²) in [6, 6.07) is 0. The molecule has 200 valence electrons. The number of aliphatic imine (C=N–C) groups is 1. The number of unbranched alkanes of at least 4 members (excludes halogenated alkanes) is 1. The van der Waals surface area contributed by atoms with Crippen LogP contribution in [0.4, 0.5) is 0 Å². The highest BCUT2D eigenvalue weighted by Crippen LogP contribution is 2.05. The van der Waals surface area contributed by atoms with Crippen LogP contribution >= 0.6 is 24.4 Å². The van der Waals surface area contributed by atoms with Crippen LogP contribution in [0.2, 0.25) is 0 Å². The zero-order chi connectivity index (χ0) is 25.2. The van der Waals surface area contributed by atoms with Crippen molar-refractivity contribution in [2.45, 2.75) is 30.8 Å². The van der Waals surface area contributed by atoms with Crippen LogP contribution in [0.25, 0.3) is 0 Å². The van der Waals surface area contributed by atoms with E-state index in [-0.39, 0.29) is 17.0 Å². The van der Waals surface area contributed by atoms with Gasteiger partial charge in [0.15, 0.2) is 5.11 Å². The zero-order valence-electron chi connectivity index (χ0n) is 21.0. The summed E-state index contributed by atoms with van der Waals surface area (Å²) in [4.78, 5) is 15.9. The largest absolute Gasteiger partial charge is 0.363 e. The van der Waals surface area contributed by atoms with Crippen LogP contribution in [0.1, 0.15) is 19.8 Å². The van der Waals surface area contributed by atoms with E-state index in [4.69, 9.17) is 12.2 Å². The summed E-state index contributed by atoms with van der Waals surface area (Å²) in [5, 5.41) is 34.6. The fourth-order valence-corrected chi connectivity index (χ4v) is 4.77. The van der Waals surface area contributed by atoms with Gasteiger partial charge < -0.3 is 47.9 Å². The number of thiocarbonyl (C=S) groups is 2. The van der Waals surface area contributed by atoms with Crippen molar-refractivity contribution in [2.24, 2.45) is 4.99 Å². The standard InChI is InChI=1S/C22H44N10OS2/c1-19(33)31-21-12-23-6-9-26-15-22(16-27-10-7-24-13-21,17-28-11-8-25-14-21)32-20(35)30-5-3-2-4-29-18-34/h23-28H,2-17H2,1H3,(H,31,33)(H2,30,32,35). The Bertz CT molecular complexity index is 646. The second-order valence-corrected chi connectivity index (χ2v) is 9.95. The number of rotatable bonds is 7. The molecule has 35 heavy (non-hydrogen) atoms. The van der Waals surface area contributed by atoms with Gasteiger partial charge in [-0.25, -0.2) is 4.99 Å². The first-order valence-electron chi connectivity index (χ1n) is 12.6. The molecule has 0 aliphatic carbocycles. The third kappa shape index (κ3) is 12.5. The molecule has 0 unspecified atom stereocenters. The number of hydrogen-bond donors (Lipinski definition) is 9. The van der Waals surface area contributed by atoms with E-state index in [0.29, 0.717) is 31.3 Å². The first-order chi connectivity index (χ1) is 17.0. The van der Waals surface area contributed by atoms with Crippen molar-refractivity contribution in [3.8, 4) is 0 Å². The lowest BCUT2D eigenvalue weighted by atomic mass is 9.97. The van der Waals surface area contributed by atoms with Gasteiger partial charge in [0.25, 0.3) is 0 Å². The molecule has 13 heteroatoms. The highest BCUT2D eigenvalue weighted by atomic mass is 32.1. The minimum Gasteiger partial charge on any atom is -0.363 e. The quantitative estimate of drug-likeness (QED) is 0.0986. The third-order valence-corrected chi connectivity index (χ3v) is 6.46.